The van der Waals surface area contributed by atoms with Crippen LogP contribution in [0.1, 0.15) is 5.56 Å². The number of anilines is 1. The largest absolute Gasteiger partial charge is 0.493 e. The Morgan fingerprint density at radius 3 is 2.53 bits per heavy atom. The van der Waals surface area contributed by atoms with Crippen LogP contribution in [-0.2, 0) is 0 Å². The van der Waals surface area contributed by atoms with Crippen molar-refractivity contribution in [2.75, 3.05) is 12.8 Å². The third kappa shape index (κ3) is 2.98. The second kappa shape index (κ2) is 5.48. The molecule has 0 aromatic heterocycles. The fraction of sp³-hybridized carbons (Fsp3) is 0.143. The first-order chi connectivity index (χ1) is 9.01. The fourth-order valence-corrected chi connectivity index (χ4v) is 1.97. The van der Waals surface area contributed by atoms with Gasteiger partial charge in [-0.05, 0) is 46.6 Å². The Morgan fingerprint density at radius 2 is 1.84 bits per heavy atom. The SMILES string of the molecule is COc1cc(C)ccc1Oc1cc(F)c(Br)cc1N. The molecule has 0 amide bonds. The van der Waals surface area contributed by atoms with Crippen molar-refractivity contribution in [2.45, 2.75) is 6.92 Å². The number of rotatable bonds is 3. The molecule has 0 unspecified atom stereocenters. The molecule has 0 aliphatic rings. The normalized spacial score (nSPS) is 10.3. The van der Waals surface area contributed by atoms with Gasteiger partial charge in [0.2, 0.25) is 0 Å². The van der Waals surface area contributed by atoms with E-state index >= 15 is 0 Å². The van der Waals surface area contributed by atoms with Crippen LogP contribution >= 0.6 is 15.9 Å². The second-order valence-corrected chi connectivity index (χ2v) is 4.91. The van der Waals surface area contributed by atoms with E-state index in [1.54, 1.807) is 13.2 Å². The van der Waals surface area contributed by atoms with E-state index in [1.165, 1.54) is 12.1 Å². The van der Waals surface area contributed by atoms with Crippen molar-refractivity contribution in [1.29, 1.82) is 0 Å². The zero-order valence-corrected chi connectivity index (χ0v) is 12.1. The average molecular weight is 326 g/mol. The Labute approximate surface area is 119 Å². The van der Waals surface area contributed by atoms with Crippen LogP contribution < -0.4 is 15.2 Å². The van der Waals surface area contributed by atoms with E-state index in [-0.39, 0.29) is 5.75 Å². The Bertz CT molecular complexity index is 617. The second-order valence-electron chi connectivity index (χ2n) is 4.06. The van der Waals surface area contributed by atoms with Gasteiger partial charge in [0.1, 0.15) is 5.82 Å². The Morgan fingerprint density at radius 1 is 1.11 bits per heavy atom. The van der Waals surface area contributed by atoms with Crippen LogP contribution in [-0.4, -0.2) is 7.11 Å². The number of halogens is 2. The van der Waals surface area contributed by atoms with Crippen LogP contribution in [0.5, 0.6) is 17.2 Å². The fourth-order valence-electron chi connectivity index (χ4n) is 1.61. The topological polar surface area (TPSA) is 44.5 Å². The Hall–Kier alpha value is -1.75. The molecule has 2 N–H and O–H groups in total. The molecule has 0 fully saturated rings. The van der Waals surface area contributed by atoms with Gasteiger partial charge in [-0.15, -0.1) is 0 Å². The van der Waals surface area contributed by atoms with Crippen molar-refractivity contribution in [1.82, 2.24) is 0 Å². The van der Waals surface area contributed by atoms with Crippen molar-refractivity contribution in [2.24, 2.45) is 0 Å². The van der Waals surface area contributed by atoms with Crippen LogP contribution in [0.15, 0.2) is 34.8 Å². The lowest BCUT2D eigenvalue weighted by Crippen LogP contribution is -1.96. The molecule has 19 heavy (non-hydrogen) atoms. The van der Waals surface area contributed by atoms with Crippen molar-refractivity contribution < 1.29 is 13.9 Å². The molecular formula is C14H13BrFNO2. The first kappa shape index (κ1) is 13.7. The molecule has 0 aliphatic heterocycles. The van der Waals surface area contributed by atoms with E-state index in [2.05, 4.69) is 15.9 Å². The monoisotopic (exact) mass is 325 g/mol. The molecule has 2 aromatic rings. The standard InChI is InChI=1S/C14H13BrFNO2/c1-8-3-4-12(14(5-8)18-2)19-13-7-10(16)9(15)6-11(13)17/h3-7H,17H2,1-2H3. The molecule has 5 heteroatoms. The maximum Gasteiger partial charge on any atom is 0.169 e. The summed E-state index contributed by atoms with van der Waals surface area (Å²) in [4.78, 5) is 0. The van der Waals surface area contributed by atoms with Gasteiger partial charge in [-0.1, -0.05) is 6.07 Å². The van der Waals surface area contributed by atoms with Gasteiger partial charge < -0.3 is 15.2 Å². The maximum absolute atomic E-state index is 13.5. The highest BCUT2D eigenvalue weighted by atomic mass is 79.9. The van der Waals surface area contributed by atoms with Crippen molar-refractivity contribution in [3.8, 4) is 17.2 Å². The van der Waals surface area contributed by atoms with E-state index in [9.17, 15) is 4.39 Å². The third-order valence-corrected chi connectivity index (χ3v) is 3.20. The maximum atomic E-state index is 13.5. The van der Waals surface area contributed by atoms with Crippen molar-refractivity contribution in [3.63, 3.8) is 0 Å². The van der Waals surface area contributed by atoms with Gasteiger partial charge in [0, 0.05) is 6.07 Å². The number of hydrogen-bond acceptors (Lipinski definition) is 3. The number of nitrogens with two attached hydrogens (primary N) is 1. The van der Waals surface area contributed by atoms with Crippen molar-refractivity contribution in [3.05, 3.63) is 46.2 Å². The summed E-state index contributed by atoms with van der Waals surface area (Å²) < 4.78 is 24.6. The highest BCUT2D eigenvalue weighted by Gasteiger charge is 2.11. The zero-order valence-electron chi connectivity index (χ0n) is 10.5. The summed E-state index contributed by atoms with van der Waals surface area (Å²) in [7, 11) is 1.55. The van der Waals surface area contributed by atoms with E-state index in [1.807, 2.05) is 19.1 Å². The molecule has 0 bridgehead atoms. The summed E-state index contributed by atoms with van der Waals surface area (Å²) in [6, 6.07) is 8.17. The Balaban J connectivity index is 2.39. The zero-order chi connectivity index (χ0) is 14.0. The molecule has 2 aromatic carbocycles. The lowest BCUT2D eigenvalue weighted by molar-refractivity contribution is 0.378. The smallest absolute Gasteiger partial charge is 0.169 e. The molecule has 0 heterocycles. The highest BCUT2D eigenvalue weighted by Crippen LogP contribution is 2.36. The third-order valence-electron chi connectivity index (χ3n) is 2.59. The predicted octanol–water partition coefficient (Wildman–Crippen LogP) is 4.28. The summed E-state index contributed by atoms with van der Waals surface area (Å²) in [5, 5.41) is 0. The molecule has 0 saturated heterocycles. The van der Waals surface area contributed by atoms with Crippen LogP contribution in [0.25, 0.3) is 0 Å². The minimum Gasteiger partial charge on any atom is -0.493 e. The van der Waals surface area contributed by atoms with Crippen LogP contribution in [0.4, 0.5) is 10.1 Å². The molecule has 0 radical (unpaired) electrons. The summed E-state index contributed by atoms with van der Waals surface area (Å²) in [6.45, 7) is 1.94. The molecule has 0 saturated carbocycles. The van der Waals surface area contributed by atoms with E-state index in [0.29, 0.717) is 21.7 Å². The van der Waals surface area contributed by atoms with Gasteiger partial charge in [0.15, 0.2) is 17.2 Å². The van der Waals surface area contributed by atoms with Crippen LogP contribution in [0.2, 0.25) is 0 Å². The van der Waals surface area contributed by atoms with Crippen LogP contribution in [0.3, 0.4) is 0 Å². The molecule has 100 valence electrons. The number of ether oxygens (including phenoxy) is 2. The van der Waals surface area contributed by atoms with Crippen LogP contribution in [0, 0.1) is 12.7 Å². The number of methoxy groups -OCH3 is 1. The van der Waals surface area contributed by atoms with Gasteiger partial charge in [0.25, 0.3) is 0 Å². The number of benzene rings is 2. The number of nitrogen functional groups attached to an aromatic ring is 1. The number of hydrogen-bond donors (Lipinski definition) is 1. The van der Waals surface area contributed by atoms with Gasteiger partial charge in [-0.25, -0.2) is 4.39 Å². The van der Waals surface area contributed by atoms with Gasteiger partial charge >= 0.3 is 0 Å². The minimum atomic E-state index is -0.435. The van der Waals surface area contributed by atoms with E-state index < -0.39 is 5.82 Å². The highest BCUT2D eigenvalue weighted by molar-refractivity contribution is 9.10. The lowest BCUT2D eigenvalue weighted by Gasteiger charge is -2.13. The molecule has 3 nitrogen and oxygen atoms in total. The van der Waals surface area contributed by atoms with E-state index in [4.69, 9.17) is 15.2 Å². The average Bonchev–Trinajstić information content (AvgIpc) is 2.37. The molecule has 0 atom stereocenters. The Kier molecular flexibility index (Phi) is 3.95. The van der Waals surface area contributed by atoms with Gasteiger partial charge in [0.05, 0.1) is 17.3 Å². The molecule has 2 rings (SSSR count). The summed E-state index contributed by atoms with van der Waals surface area (Å²) in [6.07, 6.45) is 0. The number of aryl methyl sites for hydroxylation is 1. The van der Waals surface area contributed by atoms with Crippen molar-refractivity contribution >= 4 is 21.6 Å². The lowest BCUT2D eigenvalue weighted by atomic mass is 10.2. The molecule has 0 spiro atoms. The molecule has 0 aliphatic carbocycles. The quantitative estimate of drug-likeness (QED) is 0.856. The molecular weight excluding hydrogens is 313 g/mol. The summed E-state index contributed by atoms with van der Waals surface area (Å²) in [5.41, 5.74) is 7.18. The summed E-state index contributed by atoms with van der Waals surface area (Å²) >= 11 is 3.07. The predicted molar refractivity (Wildman–Crippen MR) is 76.3 cm³/mol. The van der Waals surface area contributed by atoms with E-state index in [0.717, 1.165) is 5.56 Å². The van der Waals surface area contributed by atoms with Gasteiger partial charge in [-0.2, -0.15) is 0 Å². The minimum absolute atomic E-state index is 0.253. The first-order valence-electron chi connectivity index (χ1n) is 5.58. The van der Waals surface area contributed by atoms with Gasteiger partial charge in [-0.3, -0.25) is 0 Å². The first-order valence-corrected chi connectivity index (χ1v) is 6.37. The summed E-state index contributed by atoms with van der Waals surface area (Å²) in [5.74, 6) is 0.877.